The third-order valence-electron chi connectivity index (χ3n) is 31.8. The van der Waals surface area contributed by atoms with Gasteiger partial charge in [-0.3, -0.25) is 0 Å². The molecule has 0 aliphatic carbocycles. The molecular weight excluding hydrogens is 1650 g/mol. The first-order chi connectivity index (χ1) is 66.1. The first-order valence-electron chi connectivity index (χ1n) is 49.0. The maximum Gasteiger partial charge on any atom is -0.00235 e. The van der Waals surface area contributed by atoms with Crippen molar-refractivity contribution in [3.8, 4) is 0 Å². The quantitative estimate of drug-likeness (QED) is 0.105. The molecule has 0 aromatic heterocycles. The van der Waals surface area contributed by atoms with Gasteiger partial charge >= 0.3 is 0 Å². The van der Waals surface area contributed by atoms with Gasteiger partial charge in [-0.05, 0) is 477 Å². The molecule has 28 rings (SSSR count). The molecule has 0 heteroatoms. The zero-order valence-electron chi connectivity index (χ0n) is 83.1. The minimum atomic E-state index is 1.32. The lowest BCUT2D eigenvalue weighted by Crippen LogP contribution is -1.91. The van der Waals surface area contributed by atoms with Crippen LogP contribution in [0.1, 0.15) is 117 Å². The summed E-state index contributed by atoms with van der Waals surface area (Å²) in [5, 5.41) is 58.1. The highest BCUT2D eigenvalue weighted by molar-refractivity contribution is 6.36. The summed E-state index contributed by atoms with van der Waals surface area (Å²) in [6.45, 7) is 46.2. The third kappa shape index (κ3) is 14.5. The van der Waals surface area contributed by atoms with Crippen molar-refractivity contribution >= 4 is 226 Å². The van der Waals surface area contributed by atoms with Gasteiger partial charge in [0, 0.05) is 0 Å². The van der Waals surface area contributed by atoms with Gasteiger partial charge in [-0.15, -0.1) is 0 Å². The average Bonchev–Trinajstić information content (AvgIpc) is 0.712. The van der Waals surface area contributed by atoms with Crippen LogP contribution in [0.15, 0.2) is 322 Å². The van der Waals surface area contributed by atoms with Crippen molar-refractivity contribution in [3.63, 3.8) is 0 Å². The predicted octanol–water partition coefficient (Wildman–Crippen LogP) is 39.7. The Balaban J connectivity index is 0.0000000927. The van der Waals surface area contributed by atoms with Crippen LogP contribution in [0.5, 0.6) is 0 Å². The topological polar surface area (TPSA) is 0 Å². The zero-order valence-corrected chi connectivity index (χ0v) is 83.1. The van der Waals surface area contributed by atoms with Gasteiger partial charge in [-0.1, -0.05) is 333 Å². The van der Waals surface area contributed by atoms with Crippen molar-refractivity contribution in [1.29, 1.82) is 0 Å². The Morgan fingerprint density at radius 1 is 0.0949 bits per heavy atom. The molecule has 28 aromatic carbocycles. The van der Waals surface area contributed by atoms with Gasteiger partial charge in [0.05, 0.1) is 0 Å². The minimum absolute atomic E-state index is 1.32. The van der Waals surface area contributed by atoms with Crippen LogP contribution in [0.3, 0.4) is 0 Å². The van der Waals surface area contributed by atoms with E-state index in [2.05, 4.69) is 467 Å². The minimum Gasteiger partial charge on any atom is -0.0610 e. The second-order valence-corrected chi connectivity index (χ2v) is 40.3. The maximum atomic E-state index is 2.38. The van der Waals surface area contributed by atoms with Gasteiger partial charge in [-0.2, -0.15) is 0 Å². The Labute approximate surface area is 804 Å². The summed E-state index contributed by atoms with van der Waals surface area (Å²) in [6.07, 6.45) is 0. The molecule has 0 fully saturated rings. The fourth-order valence-electron chi connectivity index (χ4n) is 23.3. The highest BCUT2D eigenvalue weighted by Gasteiger charge is 2.22. The highest BCUT2D eigenvalue weighted by atomic mass is 14.3. The molecule has 0 nitrogen and oxygen atoms in total. The van der Waals surface area contributed by atoms with E-state index in [0.29, 0.717) is 0 Å². The Bertz CT molecular complexity index is 9520. The number of hydrogen-bond acceptors (Lipinski definition) is 0. The number of benzene rings is 28. The first kappa shape index (κ1) is 87.3. The van der Waals surface area contributed by atoms with E-state index >= 15 is 0 Å². The SMILES string of the molecule is Cc1cc2c3ccc(C)c4cccc(c5cccc(c1C)c52)c43.Cc1cc2c3cccc4c(C)ccc(c5cccc(c1C)c52)c43.Cc1cc2ccc3c(C)ccc4ccc(c1C)c2c43.Cc1cc2ccc3cc(C)c(C)c4ccc(c1)c2c34.Cc1cc2ccc3ccc(C)c4ccc(c1C)c2c34.Cc1ccc2c(ccc3c(C)c(C)ccc32)c1.Cc1ccc2c(ccc3cc(C)c(C)cc32)c1. The van der Waals surface area contributed by atoms with Crippen LogP contribution in [0, 0.1) is 145 Å². The highest BCUT2D eigenvalue weighted by Crippen LogP contribution is 2.48. The fraction of sp³-hybridized carbons (Fsp3) is 0.153. The summed E-state index contributed by atoms with van der Waals surface area (Å²) in [4.78, 5) is 0. The van der Waals surface area contributed by atoms with Gasteiger partial charge in [0.25, 0.3) is 0 Å². The zero-order chi connectivity index (χ0) is 94.8. The monoisotopic (exact) mass is 1760 g/mol. The van der Waals surface area contributed by atoms with Gasteiger partial charge in [-0.25, -0.2) is 0 Å². The fourth-order valence-corrected chi connectivity index (χ4v) is 23.3. The molecular formula is C137H116. The summed E-state index contributed by atoms with van der Waals surface area (Å²) < 4.78 is 0. The second kappa shape index (κ2) is 33.8. The summed E-state index contributed by atoms with van der Waals surface area (Å²) in [7, 11) is 0. The summed E-state index contributed by atoms with van der Waals surface area (Å²) in [6, 6.07) is 120. The number of rotatable bonds is 0. The summed E-state index contributed by atoms with van der Waals surface area (Å²) in [5.41, 5.74) is 28.8. The number of fused-ring (bicyclic) bond motifs is 10. The Morgan fingerprint density at radius 3 is 0.781 bits per heavy atom. The molecule has 0 saturated heterocycles. The van der Waals surface area contributed by atoms with E-state index in [-0.39, 0.29) is 0 Å². The van der Waals surface area contributed by atoms with Gasteiger partial charge in [0.2, 0.25) is 0 Å². The molecule has 0 unspecified atom stereocenters. The van der Waals surface area contributed by atoms with Crippen LogP contribution in [0.2, 0.25) is 0 Å². The largest absolute Gasteiger partial charge is 0.0610 e. The van der Waals surface area contributed by atoms with Gasteiger partial charge in [0.15, 0.2) is 0 Å². The number of aryl methyl sites for hydroxylation is 21. The van der Waals surface area contributed by atoms with Crippen molar-refractivity contribution in [3.05, 3.63) is 438 Å². The maximum absolute atomic E-state index is 2.38. The van der Waals surface area contributed by atoms with E-state index in [4.69, 9.17) is 0 Å². The first-order valence-corrected chi connectivity index (χ1v) is 49.0. The lowest BCUT2D eigenvalue weighted by Gasteiger charge is -2.17. The van der Waals surface area contributed by atoms with Gasteiger partial charge < -0.3 is 0 Å². The van der Waals surface area contributed by atoms with Crippen molar-refractivity contribution in [2.24, 2.45) is 0 Å². The molecule has 0 bridgehead atoms. The van der Waals surface area contributed by atoms with Crippen LogP contribution in [0.4, 0.5) is 0 Å². The third-order valence-corrected chi connectivity index (χ3v) is 31.8. The number of hydrogen-bond donors (Lipinski definition) is 0. The van der Waals surface area contributed by atoms with Crippen LogP contribution in [-0.4, -0.2) is 0 Å². The lowest BCUT2D eigenvalue weighted by atomic mass is 9.86. The molecule has 0 amide bonds. The molecule has 664 valence electrons. The van der Waals surface area contributed by atoms with Crippen LogP contribution in [0.25, 0.3) is 226 Å². The molecule has 0 aliphatic heterocycles. The van der Waals surface area contributed by atoms with E-state index in [0.717, 1.165) is 0 Å². The Kier molecular flexibility index (Phi) is 21.5. The predicted molar refractivity (Wildman–Crippen MR) is 608 cm³/mol. The van der Waals surface area contributed by atoms with E-state index in [1.807, 2.05) is 0 Å². The molecule has 0 saturated carbocycles. The summed E-state index contributed by atoms with van der Waals surface area (Å²) in [5.74, 6) is 0. The van der Waals surface area contributed by atoms with Crippen LogP contribution >= 0.6 is 0 Å². The van der Waals surface area contributed by atoms with Gasteiger partial charge in [0.1, 0.15) is 0 Å². The van der Waals surface area contributed by atoms with Crippen LogP contribution < -0.4 is 0 Å². The molecule has 0 atom stereocenters. The molecule has 0 aliphatic rings. The van der Waals surface area contributed by atoms with E-state index in [1.54, 1.807) is 0 Å². The lowest BCUT2D eigenvalue weighted by molar-refractivity contribution is 1.37. The summed E-state index contributed by atoms with van der Waals surface area (Å²) >= 11 is 0. The van der Waals surface area contributed by atoms with Crippen molar-refractivity contribution < 1.29 is 0 Å². The molecule has 0 N–H and O–H groups in total. The van der Waals surface area contributed by atoms with Crippen LogP contribution in [-0.2, 0) is 0 Å². The van der Waals surface area contributed by atoms with Crippen molar-refractivity contribution in [2.45, 2.75) is 145 Å². The molecule has 0 heterocycles. The average molecular weight is 1760 g/mol. The Hall–Kier alpha value is -15.1. The van der Waals surface area contributed by atoms with E-state index < -0.39 is 0 Å². The Morgan fingerprint density at radius 2 is 0.314 bits per heavy atom. The van der Waals surface area contributed by atoms with E-state index in [9.17, 15) is 0 Å². The van der Waals surface area contributed by atoms with E-state index in [1.165, 1.54) is 343 Å². The normalized spacial score (nSPS) is 11.8. The molecule has 0 spiro atoms. The standard InChI is InChI=1S/2C23H18.3C19H16.2C17H16/c1-13-10-11-20-18-8-5-7-17-15(3)14(2)12-21(23(17)18)19-9-4-6-16(13)22(19)20;1-13-10-11-20-21-12-14(2)15(3)17-7-5-9-19(23(17)21)18-8-4-6-16(13)22(18)20;1-11-4-5-14-6-9-17-13(3)12(2)10-15-7-8-16(11)18(14)19(15)17;1-11-8-14-4-5-16-10-12(2)13(3)17-7-6-15(9-11)18(14)19(16)17;1-11-4-5-14-6-7-15-10-12(2)13(3)17-9-8-16(11)18(14)19(15)17;1-11-4-7-16-14(10-11)6-9-15-13(3)12(2)5-8-17(15)16;1-11-4-7-16-14(8-11)5-6-15-9-12(2)13(3)10-17(15)16/h2*4-12H,1-3H3;3*4-10H,1-3H3;2*4-10H,1-3H3. The second-order valence-electron chi connectivity index (χ2n) is 40.3. The molecule has 28 aromatic rings. The molecule has 0 radical (unpaired) electrons. The van der Waals surface area contributed by atoms with Crippen molar-refractivity contribution in [2.75, 3.05) is 0 Å². The smallest absolute Gasteiger partial charge is 0.00235 e. The molecule has 137 heavy (non-hydrogen) atoms. The van der Waals surface area contributed by atoms with Crippen molar-refractivity contribution in [1.82, 2.24) is 0 Å².